The van der Waals surface area contributed by atoms with Gasteiger partial charge in [0.1, 0.15) is 0 Å². The average Bonchev–Trinajstić information content (AvgIpc) is 2.84. The van der Waals surface area contributed by atoms with Crippen molar-refractivity contribution in [1.82, 2.24) is 5.32 Å². The quantitative estimate of drug-likeness (QED) is 0.827. The topological polar surface area (TPSA) is 49.3 Å². The third-order valence-electron chi connectivity index (χ3n) is 3.85. The smallest absolute Gasteiger partial charge is 0.304 e. The fraction of sp³-hybridized carbons (Fsp3) is 0.562. The molecule has 1 aromatic carbocycles. The van der Waals surface area contributed by atoms with Crippen molar-refractivity contribution in [2.45, 2.75) is 57.5 Å². The lowest BCUT2D eigenvalue weighted by molar-refractivity contribution is -0.137. The van der Waals surface area contributed by atoms with E-state index in [4.69, 9.17) is 5.11 Å². The molecule has 1 saturated carbocycles. The van der Waals surface area contributed by atoms with Crippen molar-refractivity contribution < 1.29 is 9.90 Å². The van der Waals surface area contributed by atoms with Crippen molar-refractivity contribution in [3.8, 4) is 0 Å². The maximum Gasteiger partial charge on any atom is 0.304 e. The first-order chi connectivity index (χ1) is 9.13. The predicted octanol–water partition coefficient (Wildman–Crippen LogP) is 2.91. The third-order valence-corrected chi connectivity index (χ3v) is 3.85. The molecule has 0 heterocycles. The standard InChI is InChI=1S/C16H23NO2/c1-12-6-8-13(9-7-12)10-15(11-16(18)19)17-14-4-2-3-5-14/h6-9,14-15,17H,2-5,10-11H2,1H3,(H,18,19). The van der Waals surface area contributed by atoms with Gasteiger partial charge in [-0.05, 0) is 31.7 Å². The maximum atomic E-state index is 11.0. The molecule has 19 heavy (non-hydrogen) atoms. The van der Waals surface area contributed by atoms with E-state index in [1.165, 1.54) is 36.8 Å². The lowest BCUT2D eigenvalue weighted by atomic mass is 10.0. The van der Waals surface area contributed by atoms with Gasteiger partial charge in [-0.3, -0.25) is 4.79 Å². The number of carbonyl (C=O) groups is 1. The first-order valence-electron chi connectivity index (χ1n) is 7.17. The Hall–Kier alpha value is -1.35. The average molecular weight is 261 g/mol. The Kier molecular flexibility index (Phi) is 4.97. The molecule has 2 N–H and O–H groups in total. The van der Waals surface area contributed by atoms with Crippen molar-refractivity contribution in [1.29, 1.82) is 0 Å². The first-order valence-corrected chi connectivity index (χ1v) is 7.17. The number of carboxylic acids is 1. The van der Waals surface area contributed by atoms with Crippen LogP contribution in [-0.4, -0.2) is 23.2 Å². The minimum atomic E-state index is -0.720. The third kappa shape index (κ3) is 4.67. The maximum absolute atomic E-state index is 11.0. The van der Waals surface area contributed by atoms with Crippen molar-refractivity contribution in [3.63, 3.8) is 0 Å². The number of carboxylic acid groups (broad SMARTS) is 1. The fourth-order valence-corrected chi connectivity index (χ4v) is 2.84. The van der Waals surface area contributed by atoms with Crippen LogP contribution in [0.5, 0.6) is 0 Å². The van der Waals surface area contributed by atoms with Gasteiger partial charge in [0.05, 0.1) is 6.42 Å². The van der Waals surface area contributed by atoms with E-state index in [0.29, 0.717) is 6.04 Å². The van der Waals surface area contributed by atoms with Gasteiger partial charge in [0.2, 0.25) is 0 Å². The predicted molar refractivity (Wildman–Crippen MR) is 76.3 cm³/mol. The molecule has 104 valence electrons. The van der Waals surface area contributed by atoms with Gasteiger partial charge in [0, 0.05) is 12.1 Å². The highest BCUT2D eigenvalue weighted by atomic mass is 16.4. The number of benzene rings is 1. The molecule has 1 atom stereocenters. The molecule has 1 unspecified atom stereocenters. The van der Waals surface area contributed by atoms with Crippen molar-refractivity contribution >= 4 is 5.97 Å². The van der Waals surface area contributed by atoms with Crippen LogP contribution in [0.25, 0.3) is 0 Å². The summed E-state index contributed by atoms with van der Waals surface area (Å²) >= 11 is 0. The van der Waals surface area contributed by atoms with Crippen LogP contribution in [-0.2, 0) is 11.2 Å². The van der Waals surface area contributed by atoms with Gasteiger partial charge in [0.25, 0.3) is 0 Å². The normalized spacial score (nSPS) is 17.5. The largest absolute Gasteiger partial charge is 0.481 e. The number of hydrogen-bond acceptors (Lipinski definition) is 2. The Bertz CT molecular complexity index is 407. The second-order valence-electron chi connectivity index (χ2n) is 5.63. The molecule has 0 amide bonds. The number of aryl methyl sites for hydroxylation is 1. The van der Waals surface area contributed by atoms with Crippen LogP contribution < -0.4 is 5.32 Å². The summed E-state index contributed by atoms with van der Waals surface area (Å²) in [6, 6.07) is 8.92. The van der Waals surface area contributed by atoms with E-state index in [1.807, 2.05) is 0 Å². The van der Waals surface area contributed by atoms with E-state index in [2.05, 4.69) is 36.5 Å². The Labute approximate surface area is 115 Å². The van der Waals surface area contributed by atoms with E-state index in [-0.39, 0.29) is 12.5 Å². The number of rotatable bonds is 6. The molecule has 3 heteroatoms. The molecule has 1 aliphatic rings. The van der Waals surface area contributed by atoms with Gasteiger partial charge in [-0.25, -0.2) is 0 Å². The molecule has 0 aromatic heterocycles. The Balaban J connectivity index is 1.95. The Morgan fingerprint density at radius 1 is 1.32 bits per heavy atom. The number of nitrogens with one attached hydrogen (secondary N) is 1. The highest BCUT2D eigenvalue weighted by molar-refractivity contribution is 5.67. The van der Waals surface area contributed by atoms with Crippen molar-refractivity contribution in [2.75, 3.05) is 0 Å². The molecular weight excluding hydrogens is 238 g/mol. The Morgan fingerprint density at radius 3 is 2.53 bits per heavy atom. The zero-order chi connectivity index (χ0) is 13.7. The molecule has 1 aromatic rings. The molecule has 1 fully saturated rings. The summed E-state index contributed by atoms with van der Waals surface area (Å²) in [6.07, 6.45) is 5.89. The second-order valence-corrected chi connectivity index (χ2v) is 5.63. The molecular formula is C16H23NO2. The van der Waals surface area contributed by atoms with Gasteiger partial charge < -0.3 is 10.4 Å². The molecule has 2 rings (SSSR count). The zero-order valence-corrected chi connectivity index (χ0v) is 11.6. The highest BCUT2D eigenvalue weighted by Crippen LogP contribution is 2.19. The number of aliphatic carboxylic acids is 1. The first kappa shape index (κ1) is 14.1. The summed E-state index contributed by atoms with van der Waals surface area (Å²) in [5.74, 6) is -0.720. The molecule has 0 saturated heterocycles. The van der Waals surface area contributed by atoms with E-state index >= 15 is 0 Å². The molecule has 0 bridgehead atoms. The van der Waals surface area contributed by atoms with E-state index in [1.54, 1.807) is 0 Å². The summed E-state index contributed by atoms with van der Waals surface area (Å²) in [4.78, 5) is 11.0. The van der Waals surface area contributed by atoms with Gasteiger partial charge in [-0.2, -0.15) is 0 Å². The van der Waals surface area contributed by atoms with Crippen LogP contribution in [0.2, 0.25) is 0 Å². The minimum absolute atomic E-state index is 0.0447. The molecule has 0 aliphatic heterocycles. The fourth-order valence-electron chi connectivity index (χ4n) is 2.84. The van der Waals surface area contributed by atoms with Gasteiger partial charge >= 0.3 is 5.97 Å². The molecule has 1 aliphatic carbocycles. The summed E-state index contributed by atoms with van der Waals surface area (Å²) in [5.41, 5.74) is 2.45. The molecule has 0 radical (unpaired) electrons. The van der Waals surface area contributed by atoms with Crippen LogP contribution in [0, 0.1) is 6.92 Å². The highest BCUT2D eigenvalue weighted by Gasteiger charge is 2.21. The van der Waals surface area contributed by atoms with Crippen LogP contribution in [0.3, 0.4) is 0 Å². The lowest BCUT2D eigenvalue weighted by Gasteiger charge is -2.21. The van der Waals surface area contributed by atoms with E-state index in [0.717, 1.165) is 6.42 Å². The van der Waals surface area contributed by atoms with Gasteiger partial charge in [-0.1, -0.05) is 42.7 Å². The Morgan fingerprint density at radius 2 is 1.95 bits per heavy atom. The van der Waals surface area contributed by atoms with Crippen molar-refractivity contribution in [2.24, 2.45) is 0 Å². The van der Waals surface area contributed by atoms with E-state index < -0.39 is 5.97 Å². The summed E-state index contributed by atoms with van der Waals surface area (Å²) in [6.45, 7) is 2.06. The monoisotopic (exact) mass is 261 g/mol. The summed E-state index contributed by atoms with van der Waals surface area (Å²) < 4.78 is 0. The van der Waals surface area contributed by atoms with Gasteiger partial charge in [-0.15, -0.1) is 0 Å². The molecule has 3 nitrogen and oxygen atoms in total. The second kappa shape index (κ2) is 6.71. The lowest BCUT2D eigenvalue weighted by Crippen LogP contribution is -2.39. The molecule has 0 spiro atoms. The summed E-state index contributed by atoms with van der Waals surface area (Å²) in [7, 11) is 0. The zero-order valence-electron chi connectivity index (χ0n) is 11.6. The summed E-state index contributed by atoms with van der Waals surface area (Å²) in [5, 5.41) is 12.6. The van der Waals surface area contributed by atoms with Crippen LogP contribution in [0.1, 0.15) is 43.2 Å². The van der Waals surface area contributed by atoms with Gasteiger partial charge in [0.15, 0.2) is 0 Å². The van der Waals surface area contributed by atoms with Crippen LogP contribution in [0.15, 0.2) is 24.3 Å². The van der Waals surface area contributed by atoms with Crippen LogP contribution in [0.4, 0.5) is 0 Å². The van der Waals surface area contributed by atoms with E-state index in [9.17, 15) is 4.79 Å². The number of hydrogen-bond donors (Lipinski definition) is 2. The van der Waals surface area contributed by atoms with Crippen molar-refractivity contribution in [3.05, 3.63) is 35.4 Å². The SMILES string of the molecule is Cc1ccc(CC(CC(=O)O)NC2CCCC2)cc1. The van der Waals surface area contributed by atoms with Crippen LogP contribution >= 0.6 is 0 Å². The minimum Gasteiger partial charge on any atom is -0.481 e.